The zero-order valence-corrected chi connectivity index (χ0v) is 5.46. The molecule has 0 atom stereocenters. The van der Waals surface area contributed by atoms with Gasteiger partial charge in [-0.05, 0) is 18.6 Å². The fraction of sp³-hybridized carbons (Fsp3) is 0.167. The van der Waals surface area contributed by atoms with Crippen LogP contribution in [0.3, 0.4) is 0 Å². The highest BCUT2D eigenvalue weighted by molar-refractivity contribution is 5.78. The van der Waals surface area contributed by atoms with Crippen LogP contribution in [0.1, 0.15) is 6.92 Å². The molecule has 0 aromatic rings. The van der Waals surface area contributed by atoms with Gasteiger partial charge in [-0.25, -0.2) is 0 Å². The highest BCUT2D eigenvalue weighted by atomic mass is 15.1. The van der Waals surface area contributed by atoms with Crippen molar-refractivity contribution >= 4 is 6.21 Å². The van der Waals surface area contributed by atoms with Crippen LogP contribution in [0.5, 0.6) is 0 Å². The van der Waals surface area contributed by atoms with Gasteiger partial charge in [0.05, 0.1) is 6.21 Å². The van der Waals surface area contributed by atoms with Gasteiger partial charge in [-0.3, -0.25) is 0 Å². The molecule has 4 N–H and O–H groups in total. The summed E-state index contributed by atoms with van der Waals surface area (Å²) >= 11 is 0. The van der Waals surface area contributed by atoms with Gasteiger partial charge >= 0.3 is 0 Å². The largest absolute Gasteiger partial charge is 0.398 e. The lowest BCUT2D eigenvalue weighted by molar-refractivity contribution is 1.25. The van der Waals surface area contributed by atoms with Crippen molar-refractivity contribution in [1.29, 1.82) is 0 Å². The van der Waals surface area contributed by atoms with E-state index in [1.165, 1.54) is 6.21 Å². The summed E-state index contributed by atoms with van der Waals surface area (Å²) in [6, 6.07) is 0. The fourth-order valence-corrected chi connectivity index (χ4v) is 0.347. The Morgan fingerprint density at radius 3 is 2.56 bits per heavy atom. The summed E-state index contributed by atoms with van der Waals surface area (Å²) in [7, 11) is 0. The minimum absolute atomic E-state index is 0.601. The molecule has 0 saturated heterocycles. The quantitative estimate of drug-likeness (QED) is 0.242. The first-order chi connectivity index (χ1) is 4.22. The lowest BCUT2D eigenvalue weighted by Gasteiger charge is -1.92. The molecule has 0 radical (unpaired) electrons. The van der Waals surface area contributed by atoms with Crippen molar-refractivity contribution in [1.82, 2.24) is 0 Å². The van der Waals surface area contributed by atoms with E-state index >= 15 is 0 Å². The smallest absolute Gasteiger partial charge is 0.0515 e. The Hall–Kier alpha value is -1.25. The Labute approximate surface area is 54.7 Å². The van der Waals surface area contributed by atoms with Gasteiger partial charge in [-0.1, -0.05) is 6.58 Å². The second-order valence-electron chi connectivity index (χ2n) is 1.62. The first kappa shape index (κ1) is 7.75. The third-order valence-corrected chi connectivity index (χ3v) is 0.943. The number of nitrogens with two attached hydrogens (primary N) is 2. The predicted octanol–water partition coefficient (Wildman–Crippen LogP) is 0.350. The average molecular weight is 125 g/mol. The summed E-state index contributed by atoms with van der Waals surface area (Å²) in [5.41, 5.74) is 6.84. The molecule has 0 spiro atoms. The molecule has 0 aliphatic rings. The van der Waals surface area contributed by atoms with Gasteiger partial charge in [-0.2, -0.15) is 5.10 Å². The molecule has 0 heterocycles. The van der Waals surface area contributed by atoms with Gasteiger partial charge in [0, 0.05) is 5.70 Å². The van der Waals surface area contributed by atoms with Crippen LogP contribution in [0.4, 0.5) is 0 Å². The second kappa shape index (κ2) is 3.72. The van der Waals surface area contributed by atoms with E-state index in [4.69, 9.17) is 11.6 Å². The molecule has 3 heteroatoms. The molecule has 0 bridgehead atoms. The number of allylic oxidation sites excluding steroid dienone is 2. The molecule has 3 nitrogen and oxygen atoms in total. The van der Waals surface area contributed by atoms with Crippen LogP contribution in [-0.4, -0.2) is 6.21 Å². The monoisotopic (exact) mass is 125 g/mol. The molecule has 0 aliphatic heterocycles. The van der Waals surface area contributed by atoms with Gasteiger partial charge in [0.15, 0.2) is 0 Å². The predicted molar refractivity (Wildman–Crippen MR) is 39.8 cm³/mol. The van der Waals surface area contributed by atoms with Crippen molar-refractivity contribution in [3.63, 3.8) is 0 Å². The molecule has 0 fully saturated rings. The van der Waals surface area contributed by atoms with E-state index in [2.05, 4.69) is 11.7 Å². The Morgan fingerprint density at radius 2 is 2.22 bits per heavy atom. The minimum Gasteiger partial charge on any atom is -0.398 e. The normalized spacial score (nSPS) is 13.4. The van der Waals surface area contributed by atoms with Crippen molar-refractivity contribution in [2.24, 2.45) is 16.7 Å². The van der Waals surface area contributed by atoms with Crippen LogP contribution in [0.15, 0.2) is 29.0 Å². The molecule has 0 saturated carbocycles. The summed E-state index contributed by atoms with van der Waals surface area (Å²) in [6.07, 6.45) is 3.04. The summed E-state index contributed by atoms with van der Waals surface area (Å²) in [5, 5.41) is 3.29. The zero-order chi connectivity index (χ0) is 7.28. The van der Waals surface area contributed by atoms with Crippen LogP contribution < -0.4 is 11.6 Å². The van der Waals surface area contributed by atoms with Gasteiger partial charge in [0.25, 0.3) is 0 Å². The van der Waals surface area contributed by atoms with E-state index in [-0.39, 0.29) is 0 Å². The number of hydrogen-bond donors (Lipinski definition) is 2. The summed E-state index contributed by atoms with van der Waals surface area (Å²) in [6.45, 7) is 5.29. The van der Waals surface area contributed by atoms with Gasteiger partial charge < -0.3 is 11.6 Å². The molecular weight excluding hydrogens is 114 g/mol. The van der Waals surface area contributed by atoms with Crippen molar-refractivity contribution < 1.29 is 0 Å². The summed E-state index contributed by atoms with van der Waals surface area (Å²) in [4.78, 5) is 0. The zero-order valence-electron chi connectivity index (χ0n) is 5.46. The maximum atomic E-state index is 5.42. The van der Waals surface area contributed by atoms with Crippen molar-refractivity contribution in [2.45, 2.75) is 6.92 Å². The molecule has 0 aromatic carbocycles. The molecule has 50 valence electrons. The molecular formula is C6H11N3. The fourth-order valence-electron chi connectivity index (χ4n) is 0.347. The Kier molecular flexibility index (Phi) is 3.20. The van der Waals surface area contributed by atoms with Crippen molar-refractivity contribution in [3.05, 3.63) is 23.9 Å². The maximum Gasteiger partial charge on any atom is 0.0515 e. The molecule has 0 amide bonds. The third kappa shape index (κ3) is 2.54. The standard InChI is InChI=1S/C6H11N3/c1-3-6(7)5(2)4-9-8/h3-4H,1,7-8H2,2H3/b6-5+,9-4-. The molecule has 0 aromatic heterocycles. The lowest BCUT2D eigenvalue weighted by atomic mass is 10.2. The number of hydrazone groups is 1. The van der Waals surface area contributed by atoms with Crippen LogP contribution in [0.25, 0.3) is 0 Å². The van der Waals surface area contributed by atoms with Crippen LogP contribution >= 0.6 is 0 Å². The molecule has 0 rings (SSSR count). The van der Waals surface area contributed by atoms with Crippen LogP contribution in [0, 0.1) is 0 Å². The average Bonchev–Trinajstić information content (AvgIpc) is 1.87. The topological polar surface area (TPSA) is 64.4 Å². The highest BCUT2D eigenvalue weighted by Gasteiger charge is 1.86. The maximum absolute atomic E-state index is 5.42. The van der Waals surface area contributed by atoms with E-state index in [9.17, 15) is 0 Å². The number of nitrogens with zero attached hydrogens (tertiary/aromatic N) is 1. The molecule has 9 heavy (non-hydrogen) atoms. The number of hydrogen-bond acceptors (Lipinski definition) is 3. The van der Waals surface area contributed by atoms with E-state index in [1.807, 2.05) is 6.92 Å². The van der Waals surface area contributed by atoms with Crippen LogP contribution in [0.2, 0.25) is 0 Å². The van der Waals surface area contributed by atoms with E-state index in [1.54, 1.807) is 6.08 Å². The second-order valence-corrected chi connectivity index (χ2v) is 1.62. The first-order valence-corrected chi connectivity index (χ1v) is 2.54. The van der Waals surface area contributed by atoms with Gasteiger partial charge in [0.1, 0.15) is 0 Å². The Balaban J connectivity index is 4.27. The molecule has 0 unspecified atom stereocenters. The van der Waals surface area contributed by atoms with Crippen LogP contribution in [-0.2, 0) is 0 Å². The highest BCUT2D eigenvalue weighted by Crippen LogP contribution is 1.93. The van der Waals surface area contributed by atoms with Gasteiger partial charge in [0.2, 0.25) is 0 Å². The first-order valence-electron chi connectivity index (χ1n) is 2.54. The SMILES string of the molecule is C=C/C(N)=C(C)\C=N/N. The Morgan fingerprint density at radius 1 is 1.67 bits per heavy atom. The van der Waals surface area contributed by atoms with E-state index in [0.717, 1.165) is 5.57 Å². The van der Waals surface area contributed by atoms with Crippen molar-refractivity contribution in [3.8, 4) is 0 Å². The minimum atomic E-state index is 0.601. The Bertz CT molecular complexity index is 156. The number of rotatable bonds is 2. The summed E-state index contributed by atoms with van der Waals surface area (Å²) < 4.78 is 0. The lowest BCUT2D eigenvalue weighted by Crippen LogP contribution is -1.98. The van der Waals surface area contributed by atoms with Gasteiger partial charge in [-0.15, -0.1) is 0 Å². The van der Waals surface area contributed by atoms with E-state index in [0.29, 0.717) is 5.70 Å². The van der Waals surface area contributed by atoms with Crippen molar-refractivity contribution in [2.75, 3.05) is 0 Å². The summed E-state index contributed by atoms with van der Waals surface area (Å²) in [5.74, 6) is 4.87. The third-order valence-electron chi connectivity index (χ3n) is 0.943. The molecule has 0 aliphatic carbocycles. The van der Waals surface area contributed by atoms with E-state index < -0.39 is 0 Å².